The maximum atomic E-state index is 4.70. The molecule has 4 aromatic rings. The van der Waals surface area contributed by atoms with E-state index >= 15 is 0 Å². The van der Waals surface area contributed by atoms with Crippen molar-refractivity contribution < 1.29 is 0 Å². The van der Waals surface area contributed by atoms with Crippen molar-refractivity contribution in [2.24, 2.45) is 0 Å². The topological polar surface area (TPSA) is 58.3 Å². The zero-order valence-corrected chi connectivity index (χ0v) is 17.1. The van der Waals surface area contributed by atoms with Crippen molar-refractivity contribution in [1.29, 1.82) is 0 Å². The van der Waals surface area contributed by atoms with Gasteiger partial charge in [0.05, 0.1) is 0 Å². The van der Waals surface area contributed by atoms with Gasteiger partial charge in [0.2, 0.25) is 0 Å². The molecule has 28 heavy (non-hydrogen) atoms. The predicted molar refractivity (Wildman–Crippen MR) is 114 cm³/mol. The molecule has 4 rings (SSSR count). The van der Waals surface area contributed by atoms with Gasteiger partial charge in [-0.05, 0) is 55.6 Å². The second-order valence-electron chi connectivity index (χ2n) is 7.16. The van der Waals surface area contributed by atoms with Crippen molar-refractivity contribution in [2.75, 3.05) is 12.4 Å². The van der Waals surface area contributed by atoms with Crippen molar-refractivity contribution in [1.82, 2.24) is 24.7 Å². The van der Waals surface area contributed by atoms with Crippen molar-refractivity contribution >= 4 is 22.8 Å². The lowest BCUT2D eigenvalue weighted by atomic mass is 10.1. The molecule has 144 valence electrons. The first-order chi connectivity index (χ1) is 13.6. The lowest BCUT2D eigenvalue weighted by molar-refractivity contribution is 0.265. The van der Waals surface area contributed by atoms with E-state index < -0.39 is 0 Å². The Morgan fingerprint density at radius 3 is 2.64 bits per heavy atom. The molecule has 0 spiro atoms. The number of nitrogens with one attached hydrogen (secondary N) is 1. The first-order valence-electron chi connectivity index (χ1n) is 9.38. The van der Waals surface area contributed by atoms with Crippen LogP contribution in [0, 0.1) is 0 Å². The Balaban J connectivity index is 1.54. The Labute approximate surface area is 168 Å². The standard InChI is InChI=1S/C21H24N6S/c1-15(2)26(3)13-17-7-5-4-6-16(17)12-22-19-8-9-20-23-24-21(27(20)25-19)18-10-11-28-14-18/h4-11,14-15H,12-13H2,1-3H3,(H,22,25). The summed E-state index contributed by atoms with van der Waals surface area (Å²) in [6.45, 7) is 6.07. The van der Waals surface area contributed by atoms with Crippen LogP contribution in [0.4, 0.5) is 5.82 Å². The smallest absolute Gasteiger partial charge is 0.186 e. The van der Waals surface area contributed by atoms with E-state index in [4.69, 9.17) is 5.10 Å². The van der Waals surface area contributed by atoms with Gasteiger partial charge in [0.1, 0.15) is 5.82 Å². The van der Waals surface area contributed by atoms with Crippen LogP contribution in [0.3, 0.4) is 0 Å². The quantitative estimate of drug-likeness (QED) is 0.508. The number of aromatic nitrogens is 4. The molecule has 0 amide bonds. The summed E-state index contributed by atoms with van der Waals surface area (Å²) >= 11 is 1.64. The van der Waals surface area contributed by atoms with Crippen LogP contribution in [0.5, 0.6) is 0 Å². The molecule has 6 nitrogen and oxygen atoms in total. The average Bonchev–Trinajstić information content (AvgIpc) is 3.36. The molecule has 0 aliphatic rings. The summed E-state index contributed by atoms with van der Waals surface area (Å²) in [5, 5.41) is 20.7. The molecule has 0 saturated carbocycles. The van der Waals surface area contributed by atoms with Crippen molar-refractivity contribution in [3.8, 4) is 11.4 Å². The fraction of sp³-hybridized carbons (Fsp3) is 0.286. The van der Waals surface area contributed by atoms with E-state index in [1.54, 1.807) is 15.9 Å². The van der Waals surface area contributed by atoms with Gasteiger partial charge < -0.3 is 5.32 Å². The zero-order valence-electron chi connectivity index (χ0n) is 16.3. The summed E-state index contributed by atoms with van der Waals surface area (Å²) in [7, 11) is 2.16. The fourth-order valence-corrected chi connectivity index (χ4v) is 3.61. The molecule has 0 aliphatic heterocycles. The highest BCUT2D eigenvalue weighted by atomic mass is 32.1. The number of hydrogen-bond acceptors (Lipinski definition) is 6. The van der Waals surface area contributed by atoms with E-state index in [0.717, 1.165) is 35.9 Å². The molecule has 1 aromatic carbocycles. The Morgan fingerprint density at radius 1 is 1.07 bits per heavy atom. The highest BCUT2D eigenvalue weighted by Crippen LogP contribution is 2.21. The maximum absolute atomic E-state index is 4.70. The Hall–Kier alpha value is -2.77. The molecule has 0 bridgehead atoms. The largest absolute Gasteiger partial charge is 0.365 e. The third-order valence-corrected chi connectivity index (χ3v) is 5.61. The minimum Gasteiger partial charge on any atom is -0.365 e. The average molecular weight is 393 g/mol. The van der Waals surface area contributed by atoms with Crippen LogP contribution in [-0.4, -0.2) is 37.8 Å². The van der Waals surface area contributed by atoms with E-state index in [1.165, 1.54) is 11.1 Å². The summed E-state index contributed by atoms with van der Waals surface area (Å²) in [6, 6.07) is 15.0. The van der Waals surface area contributed by atoms with E-state index in [9.17, 15) is 0 Å². The van der Waals surface area contributed by atoms with E-state index in [2.05, 4.69) is 71.0 Å². The van der Waals surface area contributed by atoms with Crippen LogP contribution in [0.15, 0.2) is 53.2 Å². The van der Waals surface area contributed by atoms with Gasteiger partial charge in [-0.1, -0.05) is 24.3 Å². The van der Waals surface area contributed by atoms with Gasteiger partial charge in [0.25, 0.3) is 0 Å². The first kappa shape index (κ1) is 18.6. The molecule has 1 N–H and O–H groups in total. The molecule has 0 atom stereocenters. The minimum atomic E-state index is 0.509. The third kappa shape index (κ3) is 3.90. The van der Waals surface area contributed by atoms with Crippen LogP contribution < -0.4 is 5.32 Å². The van der Waals surface area contributed by atoms with Gasteiger partial charge in [-0.15, -0.1) is 15.3 Å². The van der Waals surface area contributed by atoms with Gasteiger partial charge >= 0.3 is 0 Å². The van der Waals surface area contributed by atoms with Gasteiger partial charge in [-0.3, -0.25) is 4.90 Å². The summed E-state index contributed by atoms with van der Waals surface area (Å²) < 4.78 is 1.79. The number of anilines is 1. The van der Waals surface area contributed by atoms with Gasteiger partial charge in [0, 0.05) is 30.1 Å². The van der Waals surface area contributed by atoms with E-state index in [1.807, 2.05) is 23.6 Å². The van der Waals surface area contributed by atoms with Crippen molar-refractivity contribution in [3.05, 3.63) is 64.4 Å². The summed E-state index contributed by atoms with van der Waals surface area (Å²) in [6.07, 6.45) is 0. The molecule has 0 unspecified atom stereocenters. The molecule has 0 aliphatic carbocycles. The van der Waals surface area contributed by atoms with Gasteiger partial charge in [-0.25, -0.2) is 0 Å². The highest BCUT2D eigenvalue weighted by Gasteiger charge is 2.11. The number of thiophene rings is 1. The number of rotatable bonds is 7. The molecular formula is C21H24N6S. The van der Waals surface area contributed by atoms with E-state index in [-0.39, 0.29) is 0 Å². The zero-order chi connectivity index (χ0) is 19.5. The molecule has 0 radical (unpaired) electrons. The van der Waals surface area contributed by atoms with Crippen LogP contribution in [0.1, 0.15) is 25.0 Å². The lowest BCUT2D eigenvalue weighted by Crippen LogP contribution is -2.26. The molecule has 0 fully saturated rings. The highest BCUT2D eigenvalue weighted by molar-refractivity contribution is 7.08. The number of fused-ring (bicyclic) bond motifs is 1. The Bertz CT molecular complexity index is 1050. The number of hydrogen-bond donors (Lipinski definition) is 1. The van der Waals surface area contributed by atoms with Crippen molar-refractivity contribution in [2.45, 2.75) is 33.0 Å². The van der Waals surface area contributed by atoms with Crippen LogP contribution in [0.25, 0.3) is 17.0 Å². The van der Waals surface area contributed by atoms with Gasteiger partial charge in [0.15, 0.2) is 11.5 Å². The van der Waals surface area contributed by atoms with E-state index in [0.29, 0.717) is 6.04 Å². The summed E-state index contributed by atoms with van der Waals surface area (Å²) in [5.41, 5.74) is 4.38. The van der Waals surface area contributed by atoms with Crippen LogP contribution in [-0.2, 0) is 13.1 Å². The Kier molecular flexibility index (Phi) is 5.36. The first-order valence-corrected chi connectivity index (χ1v) is 10.3. The van der Waals surface area contributed by atoms with Crippen LogP contribution >= 0.6 is 11.3 Å². The molecule has 3 aromatic heterocycles. The number of benzene rings is 1. The summed E-state index contributed by atoms with van der Waals surface area (Å²) in [5.74, 6) is 1.56. The molecule has 3 heterocycles. The second-order valence-corrected chi connectivity index (χ2v) is 7.94. The molecule has 7 heteroatoms. The monoisotopic (exact) mass is 392 g/mol. The molecule has 0 saturated heterocycles. The fourth-order valence-electron chi connectivity index (χ4n) is 2.98. The molecular weight excluding hydrogens is 368 g/mol. The SMILES string of the molecule is CC(C)N(C)Cc1ccccc1CNc1ccc2nnc(-c3ccsc3)n2n1. The minimum absolute atomic E-state index is 0.509. The second kappa shape index (κ2) is 8.08. The third-order valence-electron chi connectivity index (χ3n) is 4.92. The van der Waals surface area contributed by atoms with Gasteiger partial charge in [-0.2, -0.15) is 15.9 Å². The number of nitrogens with zero attached hydrogens (tertiary/aromatic N) is 5. The lowest BCUT2D eigenvalue weighted by Gasteiger charge is -2.22. The maximum Gasteiger partial charge on any atom is 0.186 e. The normalized spacial score (nSPS) is 11.6. The summed E-state index contributed by atoms with van der Waals surface area (Å²) in [4.78, 5) is 2.34. The predicted octanol–water partition coefficient (Wildman–Crippen LogP) is 4.31. The van der Waals surface area contributed by atoms with Crippen molar-refractivity contribution in [3.63, 3.8) is 0 Å². The Morgan fingerprint density at radius 2 is 1.89 bits per heavy atom. The van der Waals surface area contributed by atoms with Crippen LogP contribution in [0.2, 0.25) is 0 Å².